The van der Waals surface area contributed by atoms with E-state index >= 15 is 0 Å². The molecule has 0 atom stereocenters. The molecule has 0 saturated heterocycles. The molecule has 0 unspecified atom stereocenters. The highest BCUT2D eigenvalue weighted by Crippen LogP contribution is 2.64. The summed E-state index contributed by atoms with van der Waals surface area (Å²) < 4.78 is 63.0. The molecule has 2 spiro atoms. The predicted molar refractivity (Wildman–Crippen MR) is 236 cm³/mol. The molecule has 3 heterocycles. The molecule has 13 heteroatoms. The number of hydrogen-bond donors (Lipinski definition) is 0. The highest BCUT2D eigenvalue weighted by atomic mass is 32.1. The quantitative estimate of drug-likeness (QED) is 0.0764. The number of carbonyl (C=O) groups is 2. The Balaban J connectivity index is 1.07. The third-order valence-electron chi connectivity index (χ3n) is 13.9. The number of rotatable bonds is 2. The van der Waals surface area contributed by atoms with Gasteiger partial charge in [-0.2, -0.15) is 0 Å². The molecule has 6 aliphatic rings. The summed E-state index contributed by atoms with van der Waals surface area (Å²) in [5.41, 5.74) is 2.57. The van der Waals surface area contributed by atoms with Crippen molar-refractivity contribution < 1.29 is 27.2 Å². The molecule has 0 bridgehead atoms. The van der Waals surface area contributed by atoms with Crippen LogP contribution in [0.15, 0.2) is 70.1 Å². The Kier molecular flexibility index (Phi) is 8.76. The molecule has 0 amide bonds. The van der Waals surface area contributed by atoms with Crippen LogP contribution in [0.2, 0.25) is 0 Å². The molecule has 5 aromatic rings. The van der Waals surface area contributed by atoms with Crippen LogP contribution in [-0.2, 0) is 10.8 Å². The van der Waals surface area contributed by atoms with Crippen molar-refractivity contribution in [3.63, 3.8) is 0 Å². The minimum absolute atomic E-state index is 0.0185. The van der Waals surface area contributed by atoms with Crippen LogP contribution in [0.1, 0.15) is 117 Å². The first kappa shape index (κ1) is 39.4. The van der Waals surface area contributed by atoms with Crippen LogP contribution in [0, 0.1) is 59.1 Å². The number of allylic oxidation sites excluding steroid dienone is 10. The summed E-state index contributed by atoms with van der Waals surface area (Å²) in [7, 11) is 0. The van der Waals surface area contributed by atoms with Crippen LogP contribution in [-0.4, -0.2) is 11.6 Å². The lowest BCUT2D eigenvalue weighted by Crippen LogP contribution is -2.29. The maximum absolute atomic E-state index is 14.6. The van der Waals surface area contributed by atoms with Crippen molar-refractivity contribution in [1.29, 1.82) is 10.5 Å². The Morgan fingerprint density at radius 1 is 0.571 bits per heavy atom. The van der Waals surface area contributed by atoms with Gasteiger partial charge in [-0.1, -0.05) is 38.5 Å². The number of Topliss-reactive ketones (excluding diaryl/α,β-unsaturated/α-hetero) is 2. The van der Waals surface area contributed by atoms with Gasteiger partial charge in [0.25, 0.3) is 11.4 Å². The van der Waals surface area contributed by atoms with E-state index in [9.17, 15) is 37.7 Å². The zero-order valence-corrected chi connectivity index (χ0v) is 35.5. The number of halogens is 4. The van der Waals surface area contributed by atoms with Crippen molar-refractivity contribution in [3.8, 4) is 12.1 Å². The van der Waals surface area contributed by atoms with Gasteiger partial charge in [0.15, 0.2) is 34.8 Å². The van der Waals surface area contributed by atoms with Gasteiger partial charge in [0.1, 0.15) is 0 Å². The van der Waals surface area contributed by atoms with Crippen molar-refractivity contribution in [2.45, 2.75) is 75.0 Å². The Bertz CT molecular complexity index is 3180. The van der Waals surface area contributed by atoms with Gasteiger partial charge >= 0.3 is 0 Å². The first-order valence-corrected chi connectivity index (χ1v) is 23.0. The molecule has 0 N–H and O–H groups in total. The fourth-order valence-corrected chi connectivity index (χ4v) is 16.0. The fourth-order valence-electron chi connectivity index (χ4n) is 11.2. The Morgan fingerprint density at radius 3 is 1.29 bits per heavy atom. The standard InChI is InChI=1S/C50H28F4N4O2S3/c1-57-35(21-55)39-25-17-31(51)33(53)19-27(25)43(59)29(39)13-23-15-37-41(49(23)9-5-3-6-10-49)45-47(61-37)48-46(63-45)42-38(62-48)16-24(50(42)11-7-4-8-12-50)14-30-40(36(22-56)58-2)26-18-32(52)34(54)20-28(26)44(30)60/h13-20H,3-12H2/b29-13-,30-14+,39-35+,40-36-. The molecule has 11 rings (SSSR count). The molecular formula is C50H28F4N4O2S3. The molecule has 6 aliphatic carbocycles. The Labute approximate surface area is 370 Å². The molecule has 0 aliphatic heterocycles. The van der Waals surface area contributed by atoms with Gasteiger partial charge < -0.3 is 0 Å². The van der Waals surface area contributed by atoms with Crippen LogP contribution in [0.4, 0.5) is 17.6 Å². The number of carbonyl (C=O) groups excluding carboxylic acids is 2. The van der Waals surface area contributed by atoms with Gasteiger partial charge in [-0.05, 0) is 108 Å². The number of hydrogen-bond acceptors (Lipinski definition) is 7. The van der Waals surface area contributed by atoms with Gasteiger partial charge in [0, 0.05) is 54.0 Å². The molecule has 3 aromatic heterocycles. The number of ketones is 2. The number of nitriles is 2. The van der Waals surface area contributed by atoms with Crippen molar-refractivity contribution in [1.82, 2.24) is 0 Å². The van der Waals surface area contributed by atoms with Crippen molar-refractivity contribution in [2.24, 2.45) is 0 Å². The van der Waals surface area contributed by atoms with E-state index in [1.54, 1.807) is 46.2 Å². The van der Waals surface area contributed by atoms with E-state index in [0.717, 1.165) is 119 Å². The minimum Gasteiger partial charge on any atom is -0.289 e. The van der Waals surface area contributed by atoms with Gasteiger partial charge in [-0.3, -0.25) is 9.59 Å². The Morgan fingerprint density at radius 2 is 0.937 bits per heavy atom. The lowest BCUT2D eigenvalue weighted by atomic mass is 9.67. The van der Waals surface area contributed by atoms with Gasteiger partial charge in [0.2, 0.25) is 0 Å². The fraction of sp³-hybridized carbons (Fsp3) is 0.240. The maximum atomic E-state index is 14.6. The van der Waals surface area contributed by atoms with Crippen LogP contribution in [0.25, 0.3) is 51.8 Å². The van der Waals surface area contributed by atoms with E-state index in [-0.39, 0.29) is 55.9 Å². The summed E-state index contributed by atoms with van der Waals surface area (Å²) in [6.45, 7) is 15.5. The second-order valence-corrected chi connectivity index (χ2v) is 20.0. The molecule has 2 saturated carbocycles. The van der Waals surface area contributed by atoms with E-state index in [4.69, 9.17) is 13.1 Å². The lowest BCUT2D eigenvalue weighted by Gasteiger charge is -2.37. The summed E-state index contributed by atoms with van der Waals surface area (Å²) in [6.07, 6.45) is 16.8. The maximum Gasteiger partial charge on any atom is 0.270 e. The smallest absolute Gasteiger partial charge is 0.270 e. The van der Waals surface area contributed by atoms with Crippen LogP contribution in [0.3, 0.4) is 0 Å². The van der Waals surface area contributed by atoms with Crippen molar-refractivity contribution in [3.05, 3.63) is 159 Å². The molecular weight excluding hydrogens is 861 g/mol. The average Bonchev–Trinajstić information content (AvgIpc) is 4.12. The molecule has 2 fully saturated rings. The number of fused-ring (bicyclic) bond motifs is 11. The van der Waals surface area contributed by atoms with Crippen molar-refractivity contribution in [2.75, 3.05) is 0 Å². The normalized spacial score (nSPS) is 21.9. The third-order valence-corrected chi connectivity index (χ3v) is 17.8. The summed E-state index contributed by atoms with van der Waals surface area (Å²) in [6, 6.07) is 7.24. The van der Waals surface area contributed by atoms with E-state index in [0.29, 0.717) is 0 Å². The number of benzene rings is 2. The van der Waals surface area contributed by atoms with Crippen molar-refractivity contribution >= 4 is 87.7 Å². The molecule has 306 valence electrons. The topological polar surface area (TPSA) is 90.4 Å². The van der Waals surface area contributed by atoms with Crippen LogP contribution < -0.4 is 0 Å². The van der Waals surface area contributed by atoms with E-state index in [1.807, 2.05) is 12.1 Å². The first-order chi connectivity index (χ1) is 30.5. The molecule has 63 heavy (non-hydrogen) atoms. The second-order valence-electron chi connectivity index (χ2n) is 16.9. The van der Waals surface area contributed by atoms with E-state index in [2.05, 4.69) is 21.8 Å². The lowest BCUT2D eigenvalue weighted by molar-refractivity contribution is 0.103. The monoisotopic (exact) mass is 888 g/mol. The van der Waals surface area contributed by atoms with Gasteiger partial charge in [-0.25, -0.2) is 37.8 Å². The highest BCUT2D eigenvalue weighted by molar-refractivity contribution is 7.39. The number of nitrogens with zero attached hydrogens (tertiary/aromatic N) is 4. The zero-order valence-electron chi connectivity index (χ0n) is 33.0. The largest absolute Gasteiger partial charge is 0.289 e. The summed E-state index contributed by atoms with van der Waals surface area (Å²) in [5, 5.41) is 20.0. The third kappa shape index (κ3) is 5.28. The van der Waals surface area contributed by atoms with E-state index < -0.39 is 45.7 Å². The molecule has 0 radical (unpaired) electrons. The second kappa shape index (κ2) is 14.0. The first-order valence-electron chi connectivity index (χ1n) is 20.5. The summed E-state index contributed by atoms with van der Waals surface area (Å²) in [5.74, 6) is -5.83. The van der Waals surface area contributed by atoms with Crippen LogP contribution in [0.5, 0.6) is 0 Å². The molecule has 6 nitrogen and oxygen atoms in total. The molecule has 2 aromatic carbocycles. The summed E-state index contributed by atoms with van der Waals surface area (Å²) >= 11 is 5.15. The van der Waals surface area contributed by atoms with E-state index in [1.165, 1.54) is 20.5 Å². The predicted octanol–water partition coefficient (Wildman–Crippen LogP) is 13.9. The SMILES string of the molecule is [C-]#[N+]/C(C#N)=C1\C(=C/C2=Cc3sc4c(sc5c6c(sc54)C=C(/C=C4\C(=O)c5cc(F)c(F)cc5\C4=C(\C#N)[N+]#[C-])C64CCCCC4)c3C23CCCCC3)C(=O)c2cc(F)c(F)cc21. The zero-order chi connectivity index (χ0) is 43.7. The van der Waals surface area contributed by atoms with Gasteiger partial charge in [-0.15, -0.1) is 34.0 Å². The minimum atomic E-state index is -1.18. The average molecular weight is 889 g/mol. The number of thiophene rings is 3. The van der Waals surface area contributed by atoms with Crippen LogP contribution >= 0.6 is 34.0 Å². The summed E-state index contributed by atoms with van der Waals surface area (Å²) in [4.78, 5) is 37.0. The highest BCUT2D eigenvalue weighted by Gasteiger charge is 2.49. The Hall–Kier alpha value is -6.48. The van der Waals surface area contributed by atoms with Gasteiger partial charge in [0.05, 0.1) is 44.1 Å².